The molecule has 1 atom stereocenters. The standard InChI is InChI=1S/C23H26N2O4/c1-5-15-10-11-21-17(12-15)19(26)13-22(29-21)23(27)24-14-18(25(2)3)16-8-6-7-9-20(16)28-4/h6-13,18H,5,14H2,1-4H3,(H,24,27)/t18-/m1/s1. The van der Waals surface area contributed by atoms with Crippen LogP contribution in [0.4, 0.5) is 0 Å². The van der Waals surface area contributed by atoms with Crippen LogP contribution in [0, 0.1) is 0 Å². The third-order valence-electron chi connectivity index (χ3n) is 5.00. The van der Waals surface area contributed by atoms with Gasteiger partial charge in [-0.1, -0.05) is 31.2 Å². The number of carbonyl (C=O) groups is 1. The highest BCUT2D eigenvalue weighted by atomic mass is 16.5. The van der Waals surface area contributed by atoms with Crippen LogP contribution in [0.15, 0.2) is 57.7 Å². The maximum Gasteiger partial charge on any atom is 0.287 e. The van der Waals surface area contributed by atoms with E-state index in [1.807, 2.05) is 62.3 Å². The Labute approximate surface area is 170 Å². The molecule has 0 saturated heterocycles. The fourth-order valence-electron chi connectivity index (χ4n) is 3.32. The molecule has 152 valence electrons. The minimum atomic E-state index is -0.426. The van der Waals surface area contributed by atoms with Gasteiger partial charge in [0.25, 0.3) is 5.91 Å². The van der Waals surface area contributed by atoms with Gasteiger partial charge in [0.05, 0.1) is 18.5 Å². The second-order valence-electron chi connectivity index (χ2n) is 7.09. The predicted molar refractivity (Wildman–Crippen MR) is 114 cm³/mol. The highest BCUT2D eigenvalue weighted by Gasteiger charge is 2.20. The number of nitrogens with zero attached hydrogens (tertiary/aromatic N) is 1. The first-order valence-electron chi connectivity index (χ1n) is 9.59. The van der Waals surface area contributed by atoms with Gasteiger partial charge >= 0.3 is 0 Å². The van der Waals surface area contributed by atoms with E-state index in [1.165, 1.54) is 6.07 Å². The molecule has 0 aliphatic rings. The second-order valence-corrected chi connectivity index (χ2v) is 7.09. The summed E-state index contributed by atoms with van der Waals surface area (Å²) in [6, 6.07) is 14.3. The highest BCUT2D eigenvalue weighted by molar-refractivity contribution is 5.93. The van der Waals surface area contributed by atoms with E-state index in [9.17, 15) is 9.59 Å². The summed E-state index contributed by atoms with van der Waals surface area (Å²) in [4.78, 5) is 27.1. The summed E-state index contributed by atoms with van der Waals surface area (Å²) in [7, 11) is 5.49. The number of para-hydroxylation sites is 1. The molecule has 0 radical (unpaired) electrons. The van der Waals surface area contributed by atoms with Crippen molar-refractivity contribution >= 4 is 16.9 Å². The largest absolute Gasteiger partial charge is 0.496 e. The number of hydrogen-bond acceptors (Lipinski definition) is 5. The van der Waals surface area contributed by atoms with Gasteiger partial charge < -0.3 is 19.4 Å². The van der Waals surface area contributed by atoms with Crippen molar-refractivity contribution in [3.63, 3.8) is 0 Å². The van der Waals surface area contributed by atoms with Crippen LogP contribution in [0.5, 0.6) is 5.75 Å². The molecule has 29 heavy (non-hydrogen) atoms. The predicted octanol–water partition coefficient (Wildman–Crippen LogP) is 3.40. The zero-order valence-corrected chi connectivity index (χ0v) is 17.2. The molecule has 1 N–H and O–H groups in total. The molecule has 6 nitrogen and oxygen atoms in total. The number of methoxy groups -OCH3 is 1. The number of likely N-dealkylation sites (N-methyl/N-ethyl adjacent to an activating group) is 1. The summed E-state index contributed by atoms with van der Waals surface area (Å²) in [6.45, 7) is 2.36. The van der Waals surface area contributed by atoms with Gasteiger partial charge in [0.1, 0.15) is 11.3 Å². The number of carbonyl (C=O) groups excluding carboxylic acids is 1. The van der Waals surface area contributed by atoms with Crippen molar-refractivity contribution in [1.82, 2.24) is 10.2 Å². The topological polar surface area (TPSA) is 71.8 Å². The number of aryl methyl sites for hydroxylation is 1. The van der Waals surface area contributed by atoms with Gasteiger partial charge in [0.2, 0.25) is 0 Å². The van der Waals surface area contributed by atoms with Gasteiger partial charge in [-0.05, 0) is 44.3 Å². The molecule has 1 aromatic heterocycles. The molecule has 3 rings (SSSR count). The van der Waals surface area contributed by atoms with Crippen molar-refractivity contribution < 1.29 is 13.9 Å². The summed E-state index contributed by atoms with van der Waals surface area (Å²) >= 11 is 0. The lowest BCUT2D eigenvalue weighted by Crippen LogP contribution is -2.35. The van der Waals surface area contributed by atoms with Crippen LogP contribution in [0.2, 0.25) is 0 Å². The second kappa shape index (κ2) is 8.92. The van der Waals surface area contributed by atoms with Crippen molar-refractivity contribution in [3.05, 3.63) is 75.6 Å². The van der Waals surface area contributed by atoms with Gasteiger partial charge in [-0.15, -0.1) is 0 Å². The summed E-state index contributed by atoms with van der Waals surface area (Å²) in [5, 5.41) is 3.36. The number of hydrogen-bond donors (Lipinski definition) is 1. The van der Waals surface area contributed by atoms with Gasteiger partial charge in [0.15, 0.2) is 11.2 Å². The van der Waals surface area contributed by atoms with E-state index >= 15 is 0 Å². The van der Waals surface area contributed by atoms with Crippen LogP contribution < -0.4 is 15.5 Å². The van der Waals surface area contributed by atoms with Crippen LogP contribution in [0.3, 0.4) is 0 Å². The van der Waals surface area contributed by atoms with Crippen LogP contribution in [-0.4, -0.2) is 38.6 Å². The Bertz CT molecular complexity index is 1070. The maximum atomic E-state index is 12.7. The van der Waals surface area contributed by atoms with Crippen LogP contribution in [-0.2, 0) is 6.42 Å². The molecule has 0 fully saturated rings. The first-order valence-corrected chi connectivity index (χ1v) is 9.59. The lowest BCUT2D eigenvalue weighted by atomic mass is 10.0. The molecule has 1 amide bonds. The van der Waals surface area contributed by atoms with Crippen molar-refractivity contribution in [3.8, 4) is 5.75 Å². The SMILES string of the molecule is CCc1ccc2oc(C(=O)NC[C@H](c3ccccc3OC)N(C)C)cc(=O)c2c1. The number of ether oxygens (including phenoxy) is 1. The molecule has 1 heterocycles. The van der Waals surface area contributed by atoms with Gasteiger partial charge in [-0.2, -0.15) is 0 Å². The van der Waals surface area contributed by atoms with Crippen molar-refractivity contribution in [2.75, 3.05) is 27.7 Å². The van der Waals surface area contributed by atoms with Crippen LogP contribution in [0.1, 0.15) is 34.6 Å². The molecular formula is C23H26N2O4. The van der Waals surface area contributed by atoms with E-state index < -0.39 is 5.91 Å². The van der Waals surface area contributed by atoms with E-state index in [1.54, 1.807) is 13.2 Å². The molecule has 0 aliphatic heterocycles. The fourth-order valence-corrected chi connectivity index (χ4v) is 3.32. The molecule has 3 aromatic rings. The molecule has 0 aliphatic carbocycles. The van der Waals surface area contributed by atoms with E-state index in [0.29, 0.717) is 17.5 Å². The number of amides is 1. The van der Waals surface area contributed by atoms with E-state index in [-0.39, 0.29) is 17.2 Å². The molecule has 0 spiro atoms. The maximum absolute atomic E-state index is 12.7. The lowest BCUT2D eigenvalue weighted by molar-refractivity contribution is 0.0914. The van der Waals surface area contributed by atoms with Crippen molar-refractivity contribution in [2.45, 2.75) is 19.4 Å². The highest BCUT2D eigenvalue weighted by Crippen LogP contribution is 2.27. The number of nitrogens with one attached hydrogen (secondary N) is 1. The zero-order chi connectivity index (χ0) is 21.0. The Morgan fingerprint density at radius 1 is 1.17 bits per heavy atom. The quantitative estimate of drug-likeness (QED) is 0.665. The molecule has 0 unspecified atom stereocenters. The summed E-state index contributed by atoms with van der Waals surface area (Å²) in [5.74, 6) is 0.332. The van der Waals surface area contributed by atoms with E-state index in [2.05, 4.69) is 5.32 Å². The first kappa shape index (κ1) is 20.6. The molecular weight excluding hydrogens is 368 g/mol. The Morgan fingerprint density at radius 3 is 2.62 bits per heavy atom. The monoisotopic (exact) mass is 394 g/mol. The fraction of sp³-hybridized carbons (Fsp3) is 0.304. The van der Waals surface area contributed by atoms with Crippen molar-refractivity contribution in [1.29, 1.82) is 0 Å². The van der Waals surface area contributed by atoms with Gasteiger partial charge in [-0.25, -0.2) is 0 Å². The van der Waals surface area contributed by atoms with Gasteiger partial charge in [0, 0.05) is 18.2 Å². The Kier molecular flexibility index (Phi) is 6.34. The summed E-state index contributed by atoms with van der Waals surface area (Å²) in [5.41, 5.74) is 2.20. The minimum absolute atomic E-state index is 0.00396. The van der Waals surface area contributed by atoms with E-state index in [0.717, 1.165) is 23.3 Å². The number of fused-ring (bicyclic) bond motifs is 1. The minimum Gasteiger partial charge on any atom is -0.496 e. The lowest BCUT2D eigenvalue weighted by Gasteiger charge is -2.26. The molecule has 0 saturated carbocycles. The Morgan fingerprint density at radius 2 is 1.93 bits per heavy atom. The Hall–Kier alpha value is -3.12. The smallest absolute Gasteiger partial charge is 0.287 e. The summed E-state index contributed by atoms with van der Waals surface area (Å²) < 4.78 is 11.1. The Balaban J connectivity index is 1.83. The zero-order valence-electron chi connectivity index (χ0n) is 17.2. The third kappa shape index (κ3) is 4.49. The normalized spacial score (nSPS) is 12.2. The average molecular weight is 394 g/mol. The van der Waals surface area contributed by atoms with Crippen molar-refractivity contribution in [2.24, 2.45) is 0 Å². The molecule has 2 aromatic carbocycles. The van der Waals surface area contributed by atoms with Crippen LogP contribution in [0.25, 0.3) is 11.0 Å². The third-order valence-corrected chi connectivity index (χ3v) is 5.00. The molecule has 0 bridgehead atoms. The average Bonchev–Trinajstić information content (AvgIpc) is 2.73. The molecule has 6 heteroatoms. The van der Waals surface area contributed by atoms with E-state index in [4.69, 9.17) is 9.15 Å². The van der Waals surface area contributed by atoms with Crippen LogP contribution >= 0.6 is 0 Å². The first-order chi connectivity index (χ1) is 13.9. The number of rotatable bonds is 7. The summed E-state index contributed by atoms with van der Waals surface area (Å²) in [6.07, 6.45) is 0.826. The van der Waals surface area contributed by atoms with Gasteiger partial charge in [-0.3, -0.25) is 9.59 Å². The number of benzene rings is 2.